The summed E-state index contributed by atoms with van der Waals surface area (Å²) in [5.74, 6) is 0.352. The van der Waals surface area contributed by atoms with Gasteiger partial charge in [-0.1, -0.05) is 47.8 Å². The van der Waals surface area contributed by atoms with Gasteiger partial charge in [-0.3, -0.25) is 0 Å². The molecule has 1 unspecified atom stereocenters. The highest BCUT2D eigenvalue weighted by molar-refractivity contribution is 8.77. The van der Waals surface area contributed by atoms with Gasteiger partial charge in [0.25, 0.3) is 0 Å². The molecule has 0 bridgehead atoms. The van der Waals surface area contributed by atoms with E-state index in [0.717, 1.165) is 12.8 Å². The van der Waals surface area contributed by atoms with Gasteiger partial charge < -0.3 is 9.90 Å². The highest BCUT2D eigenvalue weighted by atomic mass is 33.1. The SMILES string of the molecule is CCCCC1(CCCCC(=O)[O-])CCSS1. The monoisotopic (exact) mass is 261 g/mol. The molecular formula is C12H21O2S2-. The smallest absolute Gasteiger partial charge is 0.0414 e. The van der Waals surface area contributed by atoms with Crippen molar-refractivity contribution in [3.8, 4) is 0 Å². The van der Waals surface area contributed by atoms with E-state index in [1.54, 1.807) is 0 Å². The molecule has 4 heteroatoms. The van der Waals surface area contributed by atoms with Crippen LogP contribution in [0.4, 0.5) is 0 Å². The summed E-state index contributed by atoms with van der Waals surface area (Å²) in [4.78, 5) is 10.3. The van der Waals surface area contributed by atoms with Crippen LogP contribution in [0.25, 0.3) is 0 Å². The number of aliphatic carboxylic acids is 1. The van der Waals surface area contributed by atoms with Crippen molar-refractivity contribution in [3.05, 3.63) is 0 Å². The number of carboxylic acids is 1. The fourth-order valence-corrected chi connectivity index (χ4v) is 5.69. The Morgan fingerprint density at radius 3 is 2.62 bits per heavy atom. The molecule has 0 amide bonds. The lowest BCUT2D eigenvalue weighted by atomic mass is 9.92. The van der Waals surface area contributed by atoms with Crippen LogP contribution in [0.1, 0.15) is 58.3 Å². The number of rotatable bonds is 8. The first-order chi connectivity index (χ1) is 7.68. The van der Waals surface area contributed by atoms with Gasteiger partial charge in [0.05, 0.1) is 0 Å². The summed E-state index contributed by atoms with van der Waals surface area (Å²) in [6.07, 6.45) is 8.37. The zero-order valence-corrected chi connectivity index (χ0v) is 11.6. The zero-order chi connectivity index (χ0) is 11.9. The van der Waals surface area contributed by atoms with Gasteiger partial charge in [-0.15, -0.1) is 0 Å². The largest absolute Gasteiger partial charge is 0.550 e. The number of hydrogen-bond donors (Lipinski definition) is 0. The molecule has 1 aliphatic heterocycles. The van der Waals surface area contributed by atoms with E-state index >= 15 is 0 Å². The summed E-state index contributed by atoms with van der Waals surface area (Å²) >= 11 is 0. The molecule has 0 aromatic carbocycles. The second kappa shape index (κ2) is 7.49. The first kappa shape index (κ1) is 14.2. The fourth-order valence-electron chi connectivity index (χ4n) is 2.11. The first-order valence-corrected chi connectivity index (χ1v) is 8.51. The highest BCUT2D eigenvalue weighted by Gasteiger charge is 2.34. The predicted molar refractivity (Wildman–Crippen MR) is 70.4 cm³/mol. The van der Waals surface area contributed by atoms with Gasteiger partial charge in [-0.2, -0.15) is 0 Å². The molecule has 0 aromatic heterocycles. The van der Waals surface area contributed by atoms with Crippen LogP contribution in [0, 0.1) is 0 Å². The average Bonchev–Trinajstić information content (AvgIpc) is 2.71. The molecule has 0 aromatic rings. The molecule has 1 heterocycles. The zero-order valence-electron chi connectivity index (χ0n) is 10.00. The van der Waals surface area contributed by atoms with E-state index in [2.05, 4.69) is 6.92 Å². The molecule has 2 nitrogen and oxygen atoms in total. The minimum absolute atomic E-state index is 0.224. The maximum absolute atomic E-state index is 10.3. The van der Waals surface area contributed by atoms with E-state index < -0.39 is 5.97 Å². The Bertz CT molecular complexity index is 213. The lowest BCUT2D eigenvalue weighted by Gasteiger charge is -2.27. The van der Waals surface area contributed by atoms with Gasteiger partial charge in [0, 0.05) is 16.5 Å². The van der Waals surface area contributed by atoms with Crippen LogP contribution >= 0.6 is 21.6 Å². The van der Waals surface area contributed by atoms with Gasteiger partial charge in [0.15, 0.2) is 0 Å². The van der Waals surface area contributed by atoms with Crippen LogP contribution in [0.2, 0.25) is 0 Å². The Hall–Kier alpha value is 0.170. The van der Waals surface area contributed by atoms with Gasteiger partial charge in [-0.25, -0.2) is 0 Å². The van der Waals surface area contributed by atoms with Crippen LogP contribution in [-0.4, -0.2) is 16.5 Å². The predicted octanol–water partition coefficient (Wildman–Crippen LogP) is 3.01. The minimum Gasteiger partial charge on any atom is -0.550 e. The second-order valence-electron chi connectivity index (χ2n) is 4.52. The Balaban J connectivity index is 2.25. The van der Waals surface area contributed by atoms with Crippen LogP contribution in [0.5, 0.6) is 0 Å². The normalized spacial score (nSPS) is 24.8. The van der Waals surface area contributed by atoms with Crippen molar-refractivity contribution >= 4 is 27.6 Å². The van der Waals surface area contributed by atoms with Gasteiger partial charge in [0.2, 0.25) is 0 Å². The Morgan fingerprint density at radius 1 is 1.31 bits per heavy atom. The standard InChI is InChI=1S/C12H22O2S2/c1-2-3-7-12(9-10-15-16-12)8-5-4-6-11(13)14/h2-10H2,1H3,(H,13,14)/p-1. The maximum atomic E-state index is 10.3. The third-order valence-corrected chi connectivity index (χ3v) is 6.49. The lowest BCUT2D eigenvalue weighted by Crippen LogP contribution is -2.23. The molecule has 1 aliphatic rings. The van der Waals surface area contributed by atoms with E-state index in [4.69, 9.17) is 0 Å². The third kappa shape index (κ3) is 5.00. The molecule has 0 N–H and O–H groups in total. The number of carbonyl (C=O) groups excluding carboxylic acids is 1. The molecular weight excluding hydrogens is 240 g/mol. The van der Waals surface area contributed by atoms with E-state index in [0.29, 0.717) is 4.75 Å². The molecule has 0 radical (unpaired) electrons. The van der Waals surface area contributed by atoms with E-state index in [1.807, 2.05) is 21.6 Å². The van der Waals surface area contributed by atoms with Crippen molar-refractivity contribution in [1.29, 1.82) is 0 Å². The van der Waals surface area contributed by atoms with Crippen molar-refractivity contribution in [2.45, 2.75) is 63.0 Å². The van der Waals surface area contributed by atoms with Crippen LogP contribution < -0.4 is 5.11 Å². The molecule has 1 rings (SSSR count). The second-order valence-corrected chi connectivity index (χ2v) is 7.40. The van der Waals surface area contributed by atoms with Crippen molar-refractivity contribution in [2.24, 2.45) is 0 Å². The first-order valence-electron chi connectivity index (χ1n) is 6.19. The molecule has 1 atom stereocenters. The van der Waals surface area contributed by atoms with Crippen molar-refractivity contribution in [2.75, 3.05) is 5.75 Å². The molecule has 1 saturated heterocycles. The summed E-state index contributed by atoms with van der Waals surface area (Å²) in [5, 5.41) is 10.3. The molecule has 0 saturated carbocycles. The fraction of sp³-hybridized carbons (Fsp3) is 0.917. The minimum atomic E-state index is -0.906. The van der Waals surface area contributed by atoms with E-state index in [9.17, 15) is 9.90 Å². The summed E-state index contributed by atoms with van der Waals surface area (Å²) in [6.45, 7) is 2.23. The summed E-state index contributed by atoms with van der Waals surface area (Å²) in [5.41, 5.74) is 0. The molecule has 0 aliphatic carbocycles. The topological polar surface area (TPSA) is 40.1 Å². The summed E-state index contributed by atoms with van der Waals surface area (Å²) < 4.78 is 0.451. The molecule has 1 fully saturated rings. The van der Waals surface area contributed by atoms with Crippen LogP contribution in [-0.2, 0) is 4.79 Å². The van der Waals surface area contributed by atoms with Gasteiger partial charge >= 0.3 is 0 Å². The molecule has 16 heavy (non-hydrogen) atoms. The number of carbonyl (C=O) groups is 1. The average molecular weight is 261 g/mol. The number of hydrogen-bond acceptors (Lipinski definition) is 4. The van der Waals surface area contributed by atoms with Crippen LogP contribution in [0.15, 0.2) is 0 Å². The molecule has 0 spiro atoms. The molecule has 94 valence electrons. The van der Waals surface area contributed by atoms with Gasteiger partial charge in [-0.05, 0) is 32.1 Å². The summed E-state index contributed by atoms with van der Waals surface area (Å²) in [7, 11) is 4.03. The van der Waals surface area contributed by atoms with Crippen molar-refractivity contribution in [1.82, 2.24) is 0 Å². The number of carboxylic acid groups (broad SMARTS) is 1. The van der Waals surface area contributed by atoms with Crippen molar-refractivity contribution in [3.63, 3.8) is 0 Å². The maximum Gasteiger partial charge on any atom is 0.0414 e. The van der Waals surface area contributed by atoms with Crippen molar-refractivity contribution < 1.29 is 9.90 Å². The van der Waals surface area contributed by atoms with Gasteiger partial charge in [0.1, 0.15) is 0 Å². The quantitative estimate of drug-likeness (QED) is 0.497. The Morgan fingerprint density at radius 2 is 2.06 bits per heavy atom. The van der Waals surface area contributed by atoms with E-state index in [-0.39, 0.29) is 6.42 Å². The lowest BCUT2D eigenvalue weighted by molar-refractivity contribution is -0.305. The Kier molecular flexibility index (Phi) is 6.66. The summed E-state index contributed by atoms with van der Waals surface area (Å²) in [6, 6.07) is 0. The number of unbranched alkanes of at least 4 members (excludes halogenated alkanes) is 2. The van der Waals surface area contributed by atoms with Crippen LogP contribution in [0.3, 0.4) is 0 Å². The highest BCUT2D eigenvalue weighted by Crippen LogP contribution is 2.52. The van der Waals surface area contributed by atoms with E-state index in [1.165, 1.54) is 37.9 Å². The third-order valence-electron chi connectivity index (χ3n) is 3.13. The Labute approximate surface area is 106 Å².